The Morgan fingerprint density at radius 1 is 1.38 bits per heavy atom. The van der Waals surface area contributed by atoms with Gasteiger partial charge in [0, 0.05) is 32.8 Å². The van der Waals surface area contributed by atoms with Crippen LogP contribution in [-0.4, -0.2) is 58.6 Å². The third-order valence-electron chi connectivity index (χ3n) is 4.62. The number of carbonyl (C=O) groups is 1. The summed E-state index contributed by atoms with van der Waals surface area (Å²) in [7, 11) is 0. The van der Waals surface area contributed by atoms with E-state index in [9.17, 15) is 4.79 Å². The number of hydrogen-bond acceptors (Lipinski definition) is 5. The standard InChI is InChI=1S/C14H23N5O2/c15-5-7-19-10-12(16-17-19)13(20)18-6-1-2-14(11-18)3-8-21-9-4-14/h10H,1-9,11,15H2. The van der Waals surface area contributed by atoms with E-state index in [1.165, 1.54) is 6.42 Å². The summed E-state index contributed by atoms with van der Waals surface area (Å²) >= 11 is 0. The lowest BCUT2D eigenvalue weighted by Gasteiger charge is -2.44. The zero-order valence-electron chi connectivity index (χ0n) is 12.3. The van der Waals surface area contributed by atoms with E-state index in [0.29, 0.717) is 18.8 Å². The second-order valence-corrected chi connectivity index (χ2v) is 6.10. The van der Waals surface area contributed by atoms with Crippen LogP contribution in [0.2, 0.25) is 0 Å². The van der Waals surface area contributed by atoms with Gasteiger partial charge in [0.2, 0.25) is 0 Å². The Morgan fingerprint density at radius 2 is 2.19 bits per heavy atom. The molecule has 7 nitrogen and oxygen atoms in total. The highest BCUT2D eigenvalue weighted by molar-refractivity contribution is 5.92. The maximum atomic E-state index is 12.6. The summed E-state index contributed by atoms with van der Waals surface area (Å²) in [5.41, 5.74) is 6.16. The van der Waals surface area contributed by atoms with Crippen LogP contribution in [0.25, 0.3) is 0 Å². The number of amides is 1. The molecule has 7 heteroatoms. The van der Waals surface area contributed by atoms with Gasteiger partial charge in [0.15, 0.2) is 5.69 Å². The summed E-state index contributed by atoms with van der Waals surface area (Å²) in [6.07, 6.45) is 6.05. The van der Waals surface area contributed by atoms with E-state index in [4.69, 9.17) is 10.5 Å². The lowest BCUT2D eigenvalue weighted by Crippen LogP contribution is -2.48. The molecule has 2 saturated heterocycles. The number of aromatic nitrogens is 3. The third kappa shape index (κ3) is 3.08. The molecule has 1 aromatic rings. The molecule has 0 saturated carbocycles. The SMILES string of the molecule is NCCn1cc(C(=O)N2CCCC3(CCOCC3)C2)nn1. The number of hydrogen-bond donors (Lipinski definition) is 1. The third-order valence-corrected chi connectivity index (χ3v) is 4.62. The number of rotatable bonds is 3. The second-order valence-electron chi connectivity index (χ2n) is 6.10. The van der Waals surface area contributed by atoms with E-state index in [1.54, 1.807) is 10.9 Å². The van der Waals surface area contributed by atoms with E-state index in [0.717, 1.165) is 45.6 Å². The quantitative estimate of drug-likeness (QED) is 0.864. The average Bonchev–Trinajstić information content (AvgIpc) is 2.96. The van der Waals surface area contributed by atoms with Gasteiger partial charge >= 0.3 is 0 Å². The molecule has 0 unspecified atom stereocenters. The van der Waals surface area contributed by atoms with Crippen molar-refractivity contribution in [1.82, 2.24) is 19.9 Å². The zero-order valence-corrected chi connectivity index (χ0v) is 12.3. The number of ether oxygens (including phenoxy) is 1. The summed E-state index contributed by atoms with van der Waals surface area (Å²) in [6, 6.07) is 0. The first kappa shape index (κ1) is 14.5. The largest absolute Gasteiger partial charge is 0.381 e. The fraction of sp³-hybridized carbons (Fsp3) is 0.786. The monoisotopic (exact) mass is 293 g/mol. The highest BCUT2D eigenvalue weighted by atomic mass is 16.5. The molecule has 116 valence electrons. The Bertz CT molecular complexity index is 490. The Kier molecular flexibility index (Phi) is 4.21. The van der Waals surface area contributed by atoms with E-state index in [2.05, 4.69) is 10.3 Å². The van der Waals surface area contributed by atoms with Crippen LogP contribution < -0.4 is 5.73 Å². The molecular formula is C14H23N5O2. The Labute approximate surface area is 124 Å². The number of carbonyl (C=O) groups excluding carboxylic acids is 1. The van der Waals surface area contributed by atoms with Crippen molar-refractivity contribution in [2.75, 3.05) is 32.8 Å². The predicted molar refractivity (Wildman–Crippen MR) is 76.7 cm³/mol. The van der Waals surface area contributed by atoms with Crippen molar-refractivity contribution in [3.8, 4) is 0 Å². The predicted octanol–water partition coefficient (Wildman–Crippen LogP) is 0.270. The van der Waals surface area contributed by atoms with Gasteiger partial charge in [0.25, 0.3) is 5.91 Å². The van der Waals surface area contributed by atoms with Crippen LogP contribution in [0.15, 0.2) is 6.20 Å². The normalized spacial score (nSPS) is 21.7. The van der Waals surface area contributed by atoms with E-state index in [1.807, 2.05) is 4.90 Å². The first-order chi connectivity index (χ1) is 10.2. The van der Waals surface area contributed by atoms with Crippen LogP contribution in [0.5, 0.6) is 0 Å². The molecule has 3 rings (SSSR count). The van der Waals surface area contributed by atoms with Gasteiger partial charge in [-0.25, -0.2) is 0 Å². The molecule has 2 aliphatic heterocycles. The number of nitrogens with two attached hydrogens (primary N) is 1. The highest BCUT2D eigenvalue weighted by Gasteiger charge is 2.38. The molecule has 2 N–H and O–H groups in total. The molecule has 0 aliphatic carbocycles. The number of nitrogens with zero attached hydrogens (tertiary/aromatic N) is 4. The highest BCUT2D eigenvalue weighted by Crippen LogP contribution is 2.39. The van der Waals surface area contributed by atoms with Crippen molar-refractivity contribution in [2.24, 2.45) is 11.1 Å². The Balaban J connectivity index is 1.68. The molecule has 0 atom stereocenters. The van der Waals surface area contributed by atoms with Gasteiger partial charge in [-0.05, 0) is 31.1 Å². The Hall–Kier alpha value is -1.47. The maximum absolute atomic E-state index is 12.6. The van der Waals surface area contributed by atoms with Gasteiger partial charge in [-0.2, -0.15) is 0 Å². The second kappa shape index (κ2) is 6.11. The first-order valence-electron chi connectivity index (χ1n) is 7.70. The van der Waals surface area contributed by atoms with E-state index in [-0.39, 0.29) is 11.3 Å². The van der Waals surface area contributed by atoms with Crippen LogP contribution >= 0.6 is 0 Å². The summed E-state index contributed by atoms with van der Waals surface area (Å²) in [5, 5.41) is 7.93. The van der Waals surface area contributed by atoms with Crippen LogP contribution in [0.4, 0.5) is 0 Å². The lowest BCUT2D eigenvalue weighted by molar-refractivity contribution is -0.0230. The van der Waals surface area contributed by atoms with Gasteiger partial charge in [0.05, 0.1) is 12.7 Å². The van der Waals surface area contributed by atoms with Crippen LogP contribution in [0, 0.1) is 5.41 Å². The number of likely N-dealkylation sites (tertiary alicyclic amines) is 1. The molecule has 2 fully saturated rings. The van der Waals surface area contributed by atoms with Crippen molar-refractivity contribution in [2.45, 2.75) is 32.2 Å². The molecule has 3 heterocycles. The average molecular weight is 293 g/mol. The minimum absolute atomic E-state index is 0.0103. The van der Waals surface area contributed by atoms with Gasteiger partial charge in [0.1, 0.15) is 0 Å². The zero-order chi connectivity index (χ0) is 14.7. The van der Waals surface area contributed by atoms with E-state index >= 15 is 0 Å². The molecule has 1 spiro atoms. The molecule has 21 heavy (non-hydrogen) atoms. The van der Waals surface area contributed by atoms with Crippen molar-refractivity contribution in [3.63, 3.8) is 0 Å². The van der Waals surface area contributed by atoms with Crippen molar-refractivity contribution >= 4 is 5.91 Å². The smallest absolute Gasteiger partial charge is 0.276 e. The lowest BCUT2D eigenvalue weighted by atomic mass is 9.74. The van der Waals surface area contributed by atoms with Crippen LogP contribution in [0.3, 0.4) is 0 Å². The van der Waals surface area contributed by atoms with Gasteiger partial charge in [-0.1, -0.05) is 5.21 Å². The topological polar surface area (TPSA) is 86.3 Å². The Morgan fingerprint density at radius 3 is 2.95 bits per heavy atom. The molecular weight excluding hydrogens is 270 g/mol. The molecule has 1 aromatic heterocycles. The van der Waals surface area contributed by atoms with Gasteiger partial charge in [-0.3, -0.25) is 9.48 Å². The molecule has 0 radical (unpaired) electrons. The molecule has 2 aliphatic rings. The van der Waals surface area contributed by atoms with Gasteiger partial charge < -0.3 is 15.4 Å². The first-order valence-corrected chi connectivity index (χ1v) is 7.70. The summed E-state index contributed by atoms with van der Waals surface area (Å²) in [5.74, 6) is -0.0103. The summed E-state index contributed by atoms with van der Waals surface area (Å²) < 4.78 is 7.09. The van der Waals surface area contributed by atoms with Crippen molar-refractivity contribution in [3.05, 3.63) is 11.9 Å². The van der Waals surface area contributed by atoms with Gasteiger partial charge in [-0.15, -0.1) is 5.10 Å². The maximum Gasteiger partial charge on any atom is 0.276 e. The summed E-state index contributed by atoms with van der Waals surface area (Å²) in [4.78, 5) is 14.5. The van der Waals surface area contributed by atoms with Crippen LogP contribution in [0.1, 0.15) is 36.2 Å². The fourth-order valence-electron chi connectivity index (χ4n) is 3.39. The van der Waals surface area contributed by atoms with Crippen molar-refractivity contribution < 1.29 is 9.53 Å². The van der Waals surface area contributed by atoms with Crippen LogP contribution in [-0.2, 0) is 11.3 Å². The molecule has 0 bridgehead atoms. The molecule has 0 aromatic carbocycles. The molecule has 1 amide bonds. The minimum atomic E-state index is -0.0103. The number of piperidine rings is 1. The summed E-state index contributed by atoms with van der Waals surface area (Å²) in [6.45, 7) is 4.33. The minimum Gasteiger partial charge on any atom is -0.381 e. The van der Waals surface area contributed by atoms with Crippen molar-refractivity contribution in [1.29, 1.82) is 0 Å². The van der Waals surface area contributed by atoms with E-state index < -0.39 is 0 Å². The fourth-order valence-corrected chi connectivity index (χ4v) is 3.39.